The molecule has 0 spiro atoms. The van der Waals surface area contributed by atoms with E-state index in [9.17, 15) is 0 Å². The quantitative estimate of drug-likeness (QED) is 0.503. The summed E-state index contributed by atoms with van der Waals surface area (Å²) in [6.45, 7) is 7.03. The fourth-order valence-electron chi connectivity index (χ4n) is 3.47. The summed E-state index contributed by atoms with van der Waals surface area (Å²) in [4.78, 5) is 9.51. The normalized spacial score (nSPS) is 15.5. The van der Waals surface area contributed by atoms with E-state index in [1.807, 2.05) is 22.0 Å². The molecule has 144 valence electrons. The maximum absolute atomic E-state index is 4.83. The van der Waals surface area contributed by atoms with Crippen LogP contribution in [0.15, 0.2) is 34.3 Å². The van der Waals surface area contributed by atoms with Gasteiger partial charge in [0.05, 0.1) is 10.7 Å². The van der Waals surface area contributed by atoms with Crippen LogP contribution in [0.3, 0.4) is 0 Å². The predicted molar refractivity (Wildman–Crippen MR) is 113 cm³/mol. The van der Waals surface area contributed by atoms with Crippen molar-refractivity contribution in [3.63, 3.8) is 0 Å². The highest BCUT2D eigenvalue weighted by Gasteiger charge is 2.20. The Bertz CT molecular complexity index is 1060. The van der Waals surface area contributed by atoms with Crippen molar-refractivity contribution in [2.24, 2.45) is 0 Å². The molecule has 0 amide bonds. The number of nitrogens with zero attached hydrogens (tertiary/aromatic N) is 7. The average Bonchev–Trinajstić information content (AvgIpc) is 3.48. The Labute approximate surface area is 171 Å². The van der Waals surface area contributed by atoms with Crippen LogP contribution in [0.2, 0.25) is 0 Å². The molecule has 4 aromatic rings. The van der Waals surface area contributed by atoms with Gasteiger partial charge in [0.15, 0.2) is 11.5 Å². The summed E-state index contributed by atoms with van der Waals surface area (Å²) >= 11 is 3.42. The molecule has 1 aliphatic rings. The molecule has 0 N–H and O–H groups in total. The van der Waals surface area contributed by atoms with E-state index in [1.165, 1.54) is 10.7 Å². The number of thiazole rings is 1. The van der Waals surface area contributed by atoms with Gasteiger partial charge in [-0.25, -0.2) is 4.98 Å². The van der Waals surface area contributed by atoms with Crippen LogP contribution >= 0.6 is 22.7 Å². The van der Waals surface area contributed by atoms with Crippen molar-refractivity contribution in [1.82, 2.24) is 29.7 Å². The standard InChI is InChI=1S/C19H21N7S2/c1-2-18-20-15(13-28-18)11-24-6-8-25(9-7-24)17-4-3-16-21-22-19(26(16)23-17)14-5-10-27-12-14/h3-5,10,12-13H,2,6-9,11H2,1H3. The number of anilines is 1. The second kappa shape index (κ2) is 7.57. The number of rotatable bonds is 5. The summed E-state index contributed by atoms with van der Waals surface area (Å²) in [6.07, 6.45) is 1.02. The van der Waals surface area contributed by atoms with Gasteiger partial charge in [0.2, 0.25) is 0 Å². The minimum atomic E-state index is 0.777. The molecule has 0 radical (unpaired) electrons. The monoisotopic (exact) mass is 411 g/mol. The van der Waals surface area contributed by atoms with Gasteiger partial charge in [0, 0.05) is 49.0 Å². The lowest BCUT2D eigenvalue weighted by Gasteiger charge is -2.34. The van der Waals surface area contributed by atoms with E-state index in [4.69, 9.17) is 10.1 Å². The Morgan fingerprint density at radius 3 is 2.68 bits per heavy atom. The number of fused-ring (bicyclic) bond motifs is 1. The van der Waals surface area contributed by atoms with E-state index in [0.717, 1.165) is 62.0 Å². The van der Waals surface area contributed by atoms with Crippen LogP contribution in [-0.4, -0.2) is 55.9 Å². The lowest BCUT2D eigenvalue weighted by molar-refractivity contribution is 0.246. The first-order valence-electron chi connectivity index (χ1n) is 9.46. The lowest BCUT2D eigenvalue weighted by Crippen LogP contribution is -2.46. The first-order chi connectivity index (χ1) is 13.8. The van der Waals surface area contributed by atoms with Crippen LogP contribution in [0, 0.1) is 0 Å². The van der Waals surface area contributed by atoms with E-state index >= 15 is 0 Å². The number of aromatic nitrogens is 5. The second-order valence-electron chi connectivity index (χ2n) is 6.85. The third-order valence-corrected chi connectivity index (χ3v) is 6.74. The summed E-state index contributed by atoms with van der Waals surface area (Å²) < 4.78 is 1.85. The van der Waals surface area contributed by atoms with E-state index < -0.39 is 0 Å². The molecule has 0 atom stereocenters. The Hall–Kier alpha value is -2.36. The smallest absolute Gasteiger partial charge is 0.186 e. The Balaban J connectivity index is 1.29. The van der Waals surface area contributed by atoms with Crippen LogP contribution in [0.4, 0.5) is 5.82 Å². The van der Waals surface area contributed by atoms with Gasteiger partial charge in [-0.1, -0.05) is 6.92 Å². The molecule has 1 saturated heterocycles. The van der Waals surface area contributed by atoms with Gasteiger partial charge in [0.25, 0.3) is 0 Å². The van der Waals surface area contributed by atoms with Crippen LogP contribution in [0.5, 0.6) is 0 Å². The summed E-state index contributed by atoms with van der Waals surface area (Å²) in [5, 5.41) is 20.9. The highest BCUT2D eigenvalue weighted by molar-refractivity contribution is 7.09. The molecular formula is C19H21N7S2. The molecule has 4 aromatic heterocycles. The number of piperazine rings is 1. The van der Waals surface area contributed by atoms with Crippen LogP contribution in [-0.2, 0) is 13.0 Å². The Morgan fingerprint density at radius 1 is 1.04 bits per heavy atom. The van der Waals surface area contributed by atoms with E-state index in [-0.39, 0.29) is 0 Å². The number of aryl methyl sites for hydroxylation is 1. The van der Waals surface area contributed by atoms with E-state index in [2.05, 4.69) is 43.7 Å². The zero-order chi connectivity index (χ0) is 18.9. The first kappa shape index (κ1) is 17.7. The maximum Gasteiger partial charge on any atom is 0.186 e. The van der Waals surface area contributed by atoms with Crippen LogP contribution in [0.25, 0.3) is 17.0 Å². The highest BCUT2D eigenvalue weighted by atomic mass is 32.1. The predicted octanol–water partition coefficient (Wildman–Crippen LogP) is 3.19. The van der Waals surface area contributed by atoms with Crippen molar-refractivity contribution in [3.05, 3.63) is 45.0 Å². The van der Waals surface area contributed by atoms with Crippen molar-refractivity contribution in [3.8, 4) is 11.4 Å². The molecule has 0 aromatic carbocycles. The zero-order valence-corrected chi connectivity index (χ0v) is 17.3. The topological polar surface area (TPSA) is 62.5 Å². The summed E-state index contributed by atoms with van der Waals surface area (Å²) in [7, 11) is 0. The number of hydrogen-bond donors (Lipinski definition) is 0. The van der Waals surface area contributed by atoms with Crippen molar-refractivity contribution < 1.29 is 0 Å². The SMILES string of the molecule is CCc1nc(CN2CCN(c3ccc4nnc(-c5ccsc5)n4n3)CC2)cs1. The lowest BCUT2D eigenvalue weighted by atomic mass is 10.3. The highest BCUT2D eigenvalue weighted by Crippen LogP contribution is 2.22. The largest absolute Gasteiger partial charge is 0.353 e. The third kappa shape index (κ3) is 3.41. The van der Waals surface area contributed by atoms with Gasteiger partial charge < -0.3 is 4.90 Å². The van der Waals surface area contributed by atoms with E-state index in [1.54, 1.807) is 22.7 Å². The molecule has 0 bridgehead atoms. The second-order valence-corrected chi connectivity index (χ2v) is 8.57. The fraction of sp³-hybridized carbons (Fsp3) is 0.368. The van der Waals surface area contributed by atoms with Crippen LogP contribution in [0.1, 0.15) is 17.6 Å². The van der Waals surface area contributed by atoms with Gasteiger partial charge in [-0.15, -0.1) is 26.6 Å². The molecule has 0 unspecified atom stereocenters. The molecular weight excluding hydrogens is 390 g/mol. The van der Waals surface area contributed by atoms with Crippen molar-refractivity contribution in [2.45, 2.75) is 19.9 Å². The summed E-state index contributed by atoms with van der Waals surface area (Å²) in [6, 6.07) is 6.10. The maximum atomic E-state index is 4.83. The van der Waals surface area contributed by atoms with Gasteiger partial charge >= 0.3 is 0 Å². The molecule has 0 aliphatic carbocycles. The van der Waals surface area contributed by atoms with Gasteiger partial charge in [-0.05, 0) is 30.0 Å². The van der Waals surface area contributed by atoms with Crippen LogP contribution < -0.4 is 4.90 Å². The minimum Gasteiger partial charge on any atom is -0.353 e. The number of thiophene rings is 1. The third-order valence-electron chi connectivity index (χ3n) is 5.01. The Morgan fingerprint density at radius 2 is 1.93 bits per heavy atom. The van der Waals surface area contributed by atoms with Crippen molar-refractivity contribution in [2.75, 3.05) is 31.1 Å². The molecule has 0 saturated carbocycles. The minimum absolute atomic E-state index is 0.777. The molecule has 28 heavy (non-hydrogen) atoms. The molecule has 1 aliphatic heterocycles. The van der Waals surface area contributed by atoms with Gasteiger partial charge in [0.1, 0.15) is 5.82 Å². The molecule has 1 fully saturated rings. The molecule has 5 rings (SSSR count). The van der Waals surface area contributed by atoms with E-state index in [0.29, 0.717) is 0 Å². The first-order valence-corrected chi connectivity index (χ1v) is 11.3. The number of hydrogen-bond acceptors (Lipinski definition) is 8. The molecule has 5 heterocycles. The Kier molecular flexibility index (Phi) is 4.79. The van der Waals surface area contributed by atoms with Gasteiger partial charge in [-0.3, -0.25) is 4.90 Å². The zero-order valence-electron chi connectivity index (χ0n) is 15.7. The fourth-order valence-corrected chi connectivity index (χ4v) is 4.84. The van der Waals surface area contributed by atoms with Gasteiger partial charge in [-0.2, -0.15) is 15.9 Å². The summed E-state index contributed by atoms with van der Waals surface area (Å²) in [5.74, 6) is 1.78. The molecule has 7 nitrogen and oxygen atoms in total. The molecule has 9 heteroatoms. The van der Waals surface area contributed by atoms with Crippen molar-refractivity contribution in [1.29, 1.82) is 0 Å². The van der Waals surface area contributed by atoms with Crippen molar-refractivity contribution >= 4 is 34.1 Å². The summed E-state index contributed by atoms with van der Waals surface area (Å²) in [5.41, 5.74) is 3.03. The average molecular weight is 412 g/mol.